The Morgan fingerprint density at radius 1 is 1.38 bits per heavy atom. The van der Waals surface area contributed by atoms with Gasteiger partial charge in [-0.3, -0.25) is 4.79 Å². The zero-order valence-corrected chi connectivity index (χ0v) is 13.8. The lowest BCUT2D eigenvalue weighted by Crippen LogP contribution is -2.40. The van der Waals surface area contributed by atoms with Crippen molar-refractivity contribution in [1.82, 2.24) is 9.03 Å². The van der Waals surface area contributed by atoms with Crippen molar-refractivity contribution in [3.63, 3.8) is 0 Å². The standard InChI is InChI=1S/C12H18ClN3O4S/c1-8-5-10(11(20-4)6-9(8)13)15-12(17)7-14-21(18,19)16(2)3/h5-6,14H,7H2,1-4H3,(H,15,17). The van der Waals surface area contributed by atoms with Crippen LogP contribution in [0.2, 0.25) is 5.02 Å². The molecule has 0 radical (unpaired) electrons. The lowest BCUT2D eigenvalue weighted by atomic mass is 10.2. The highest BCUT2D eigenvalue weighted by Crippen LogP contribution is 2.30. The molecule has 0 bridgehead atoms. The summed E-state index contributed by atoms with van der Waals surface area (Å²) in [6.07, 6.45) is 0. The fourth-order valence-corrected chi connectivity index (χ4v) is 2.14. The number of nitrogens with one attached hydrogen (secondary N) is 2. The lowest BCUT2D eigenvalue weighted by Gasteiger charge is -2.14. The molecule has 0 aliphatic heterocycles. The number of ether oxygens (including phenoxy) is 1. The van der Waals surface area contributed by atoms with E-state index in [0.29, 0.717) is 16.5 Å². The van der Waals surface area contributed by atoms with E-state index in [0.717, 1.165) is 9.87 Å². The Labute approximate surface area is 129 Å². The molecule has 1 rings (SSSR count). The summed E-state index contributed by atoms with van der Waals surface area (Å²) in [7, 11) is 0.538. The third-order valence-corrected chi connectivity index (χ3v) is 4.53. The zero-order valence-electron chi connectivity index (χ0n) is 12.2. The van der Waals surface area contributed by atoms with Gasteiger partial charge in [-0.1, -0.05) is 11.6 Å². The number of amides is 1. The molecule has 0 heterocycles. The first kappa shape index (κ1) is 17.7. The van der Waals surface area contributed by atoms with E-state index in [4.69, 9.17) is 16.3 Å². The predicted octanol–water partition coefficient (Wildman–Crippen LogP) is 0.992. The van der Waals surface area contributed by atoms with Crippen molar-refractivity contribution in [3.8, 4) is 5.75 Å². The third kappa shape index (κ3) is 4.85. The number of anilines is 1. The molecule has 1 amide bonds. The Morgan fingerprint density at radius 2 is 2.00 bits per heavy atom. The summed E-state index contributed by atoms with van der Waals surface area (Å²) in [4.78, 5) is 11.8. The van der Waals surface area contributed by atoms with E-state index in [2.05, 4.69) is 10.0 Å². The van der Waals surface area contributed by atoms with E-state index in [1.54, 1.807) is 19.1 Å². The fourth-order valence-electron chi connectivity index (χ4n) is 1.41. The summed E-state index contributed by atoms with van der Waals surface area (Å²) in [6.45, 7) is 1.40. The van der Waals surface area contributed by atoms with E-state index in [1.807, 2.05) is 0 Å². The molecule has 0 saturated heterocycles. The van der Waals surface area contributed by atoms with Crippen LogP contribution in [0.25, 0.3) is 0 Å². The van der Waals surface area contributed by atoms with E-state index in [-0.39, 0.29) is 6.54 Å². The first-order valence-corrected chi connectivity index (χ1v) is 7.80. The smallest absolute Gasteiger partial charge is 0.279 e. The lowest BCUT2D eigenvalue weighted by molar-refractivity contribution is -0.115. The number of carbonyl (C=O) groups excluding carboxylic acids is 1. The van der Waals surface area contributed by atoms with Gasteiger partial charge >= 0.3 is 0 Å². The second-order valence-corrected chi connectivity index (χ2v) is 6.83. The average molecular weight is 336 g/mol. The Morgan fingerprint density at radius 3 is 2.52 bits per heavy atom. The molecule has 0 atom stereocenters. The molecule has 2 N–H and O–H groups in total. The van der Waals surface area contributed by atoms with Gasteiger partial charge in [-0.25, -0.2) is 0 Å². The van der Waals surface area contributed by atoms with Crippen LogP contribution < -0.4 is 14.8 Å². The number of nitrogens with zero attached hydrogens (tertiary/aromatic N) is 1. The third-order valence-electron chi connectivity index (χ3n) is 2.65. The molecule has 0 aliphatic carbocycles. The van der Waals surface area contributed by atoms with Crippen LogP contribution >= 0.6 is 11.6 Å². The van der Waals surface area contributed by atoms with Gasteiger partial charge < -0.3 is 10.1 Å². The normalized spacial score (nSPS) is 11.5. The van der Waals surface area contributed by atoms with Gasteiger partial charge in [-0.05, 0) is 18.6 Å². The molecule has 0 fully saturated rings. The van der Waals surface area contributed by atoms with Crippen LogP contribution in [0.3, 0.4) is 0 Å². The van der Waals surface area contributed by atoms with E-state index in [1.165, 1.54) is 21.2 Å². The molecule has 1 aromatic carbocycles. The minimum atomic E-state index is -3.65. The minimum absolute atomic E-state index is 0.384. The molecule has 118 valence electrons. The summed E-state index contributed by atoms with van der Waals surface area (Å²) in [5.41, 5.74) is 1.19. The highest BCUT2D eigenvalue weighted by Gasteiger charge is 2.16. The van der Waals surface area contributed by atoms with Gasteiger partial charge in [0.1, 0.15) is 5.75 Å². The van der Waals surface area contributed by atoms with Crippen molar-refractivity contribution >= 4 is 33.4 Å². The van der Waals surface area contributed by atoms with Gasteiger partial charge in [0.05, 0.1) is 19.3 Å². The van der Waals surface area contributed by atoms with Crippen LogP contribution in [0.5, 0.6) is 5.75 Å². The van der Waals surface area contributed by atoms with Gasteiger partial charge in [0.25, 0.3) is 10.2 Å². The van der Waals surface area contributed by atoms with Gasteiger partial charge in [-0.15, -0.1) is 0 Å². The molecule has 9 heteroatoms. The highest BCUT2D eigenvalue weighted by atomic mass is 35.5. The van der Waals surface area contributed by atoms with E-state index < -0.39 is 16.1 Å². The second-order valence-electron chi connectivity index (χ2n) is 4.46. The first-order chi connectivity index (χ1) is 9.67. The van der Waals surface area contributed by atoms with Crippen LogP contribution in [0.15, 0.2) is 12.1 Å². The van der Waals surface area contributed by atoms with Crippen molar-refractivity contribution in [2.24, 2.45) is 0 Å². The Balaban J connectivity index is 2.78. The van der Waals surface area contributed by atoms with E-state index in [9.17, 15) is 13.2 Å². The summed E-state index contributed by atoms with van der Waals surface area (Å²) < 4.78 is 31.3. The summed E-state index contributed by atoms with van der Waals surface area (Å²) in [5, 5.41) is 3.09. The number of rotatable bonds is 6. The van der Waals surface area contributed by atoms with E-state index >= 15 is 0 Å². The minimum Gasteiger partial charge on any atom is -0.495 e. The van der Waals surface area contributed by atoms with Gasteiger partial charge in [-0.2, -0.15) is 17.4 Å². The zero-order chi connectivity index (χ0) is 16.2. The number of halogens is 1. The summed E-state index contributed by atoms with van der Waals surface area (Å²) >= 11 is 5.97. The number of hydrogen-bond acceptors (Lipinski definition) is 4. The fraction of sp³-hybridized carbons (Fsp3) is 0.417. The molecule has 1 aromatic rings. The predicted molar refractivity (Wildman–Crippen MR) is 82.0 cm³/mol. The van der Waals surface area contributed by atoms with Crippen LogP contribution in [0, 0.1) is 6.92 Å². The highest BCUT2D eigenvalue weighted by molar-refractivity contribution is 7.87. The largest absolute Gasteiger partial charge is 0.495 e. The SMILES string of the molecule is COc1cc(Cl)c(C)cc1NC(=O)CNS(=O)(=O)N(C)C. The number of methoxy groups -OCH3 is 1. The molecule has 0 spiro atoms. The molecule has 7 nitrogen and oxygen atoms in total. The Kier molecular flexibility index (Phi) is 5.97. The molecule has 21 heavy (non-hydrogen) atoms. The maximum absolute atomic E-state index is 11.8. The monoisotopic (exact) mass is 335 g/mol. The molecular formula is C12H18ClN3O4S. The van der Waals surface area contributed by atoms with Crippen LogP contribution in [-0.2, 0) is 15.0 Å². The van der Waals surface area contributed by atoms with Crippen molar-refractivity contribution in [3.05, 3.63) is 22.7 Å². The van der Waals surface area contributed by atoms with Crippen molar-refractivity contribution in [1.29, 1.82) is 0 Å². The number of aryl methyl sites for hydroxylation is 1. The van der Waals surface area contributed by atoms with Gasteiger partial charge in [0, 0.05) is 25.2 Å². The molecule has 0 saturated carbocycles. The van der Waals surface area contributed by atoms with Crippen molar-refractivity contribution in [2.45, 2.75) is 6.92 Å². The molecule has 0 aliphatic rings. The Bertz CT molecular complexity index is 632. The second kappa shape index (κ2) is 7.08. The molecule has 0 aromatic heterocycles. The first-order valence-electron chi connectivity index (χ1n) is 5.98. The van der Waals surface area contributed by atoms with Crippen molar-refractivity contribution in [2.75, 3.05) is 33.1 Å². The maximum Gasteiger partial charge on any atom is 0.279 e. The number of benzene rings is 1. The summed E-state index contributed by atoms with van der Waals surface area (Å²) in [5.74, 6) is -0.116. The van der Waals surface area contributed by atoms with Crippen LogP contribution in [0.1, 0.15) is 5.56 Å². The van der Waals surface area contributed by atoms with Crippen LogP contribution in [0.4, 0.5) is 5.69 Å². The van der Waals surface area contributed by atoms with Gasteiger partial charge in [0.2, 0.25) is 5.91 Å². The maximum atomic E-state index is 11.8. The van der Waals surface area contributed by atoms with Gasteiger partial charge in [0.15, 0.2) is 0 Å². The van der Waals surface area contributed by atoms with Crippen molar-refractivity contribution < 1.29 is 17.9 Å². The average Bonchev–Trinajstić information content (AvgIpc) is 2.40. The quantitative estimate of drug-likeness (QED) is 0.811. The number of carbonyl (C=O) groups is 1. The summed E-state index contributed by atoms with van der Waals surface area (Å²) in [6, 6.07) is 3.23. The topological polar surface area (TPSA) is 87.7 Å². The number of hydrogen-bond donors (Lipinski definition) is 2. The molecule has 0 unspecified atom stereocenters. The molecular weight excluding hydrogens is 318 g/mol. The Hall–Kier alpha value is -1.35. The van der Waals surface area contributed by atoms with Crippen LogP contribution in [-0.4, -0.2) is 46.4 Å².